The summed E-state index contributed by atoms with van der Waals surface area (Å²) in [6.45, 7) is 2.71. The van der Waals surface area contributed by atoms with Crippen LogP contribution in [-0.4, -0.2) is 53.8 Å². The summed E-state index contributed by atoms with van der Waals surface area (Å²) in [6.07, 6.45) is 1.70. The molecular formula is C21H19BrFN5O3. The van der Waals surface area contributed by atoms with Crippen LogP contribution >= 0.6 is 15.9 Å². The van der Waals surface area contributed by atoms with Gasteiger partial charge in [0.1, 0.15) is 17.3 Å². The normalized spacial score (nSPS) is 16.3. The molecule has 10 heteroatoms. The number of rotatable bonds is 4. The van der Waals surface area contributed by atoms with Crippen molar-refractivity contribution in [3.8, 4) is 11.4 Å². The quantitative estimate of drug-likeness (QED) is 0.563. The summed E-state index contributed by atoms with van der Waals surface area (Å²) in [7, 11) is 0. The highest BCUT2D eigenvalue weighted by atomic mass is 79.9. The fourth-order valence-electron chi connectivity index (χ4n) is 3.71. The van der Waals surface area contributed by atoms with Crippen LogP contribution in [0.5, 0.6) is 5.75 Å². The van der Waals surface area contributed by atoms with Crippen LogP contribution in [0.15, 0.2) is 47.1 Å². The predicted molar refractivity (Wildman–Crippen MR) is 115 cm³/mol. The molecule has 2 aliphatic rings. The van der Waals surface area contributed by atoms with Crippen molar-refractivity contribution in [2.75, 3.05) is 42.7 Å². The Morgan fingerprint density at radius 2 is 1.90 bits per heavy atom. The SMILES string of the molecule is O=C1COc2cc(Br)ccc2N1Cc1cn(-c2ccc(N3CCOCC3)c(F)c2)nn1. The van der Waals surface area contributed by atoms with E-state index in [9.17, 15) is 9.18 Å². The van der Waals surface area contributed by atoms with Crippen LogP contribution in [0.2, 0.25) is 0 Å². The number of amides is 1. The lowest BCUT2D eigenvalue weighted by Crippen LogP contribution is -2.38. The Bertz CT molecular complexity index is 1130. The number of benzene rings is 2. The average Bonchev–Trinajstić information content (AvgIpc) is 3.25. The molecule has 1 aromatic heterocycles. The second-order valence-corrected chi connectivity index (χ2v) is 8.19. The van der Waals surface area contributed by atoms with E-state index in [1.165, 1.54) is 10.7 Å². The molecule has 1 fully saturated rings. The molecule has 1 saturated heterocycles. The van der Waals surface area contributed by atoms with E-state index in [2.05, 4.69) is 26.2 Å². The maximum Gasteiger partial charge on any atom is 0.265 e. The van der Waals surface area contributed by atoms with E-state index in [0.717, 1.165) is 4.47 Å². The third-order valence-electron chi connectivity index (χ3n) is 5.27. The Morgan fingerprint density at radius 3 is 2.71 bits per heavy atom. The fraction of sp³-hybridized carbons (Fsp3) is 0.286. The van der Waals surface area contributed by atoms with Gasteiger partial charge >= 0.3 is 0 Å². The van der Waals surface area contributed by atoms with Crippen molar-refractivity contribution in [1.29, 1.82) is 0 Å². The molecule has 0 saturated carbocycles. The number of fused-ring (bicyclic) bond motifs is 1. The zero-order chi connectivity index (χ0) is 21.4. The molecule has 160 valence electrons. The van der Waals surface area contributed by atoms with Crippen LogP contribution in [0, 0.1) is 5.82 Å². The van der Waals surface area contributed by atoms with Gasteiger partial charge in [-0.05, 0) is 30.3 Å². The van der Waals surface area contributed by atoms with Crippen molar-refractivity contribution < 1.29 is 18.7 Å². The lowest BCUT2D eigenvalue weighted by molar-refractivity contribution is -0.121. The number of ether oxygens (including phenoxy) is 2. The minimum Gasteiger partial charge on any atom is -0.482 e. The third kappa shape index (κ3) is 4.00. The zero-order valence-electron chi connectivity index (χ0n) is 16.5. The van der Waals surface area contributed by atoms with Crippen LogP contribution in [0.1, 0.15) is 5.69 Å². The topological polar surface area (TPSA) is 72.7 Å². The van der Waals surface area contributed by atoms with E-state index in [1.54, 1.807) is 23.2 Å². The number of nitrogens with zero attached hydrogens (tertiary/aromatic N) is 5. The molecule has 8 nitrogen and oxygen atoms in total. The highest BCUT2D eigenvalue weighted by Gasteiger charge is 2.26. The lowest BCUT2D eigenvalue weighted by Gasteiger charge is -2.29. The van der Waals surface area contributed by atoms with Crippen molar-refractivity contribution in [1.82, 2.24) is 15.0 Å². The summed E-state index contributed by atoms with van der Waals surface area (Å²) in [4.78, 5) is 16.0. The first-order valence-corrected chi connectivity index (χ1v) is 10.6. The average molecular weight is 488 g/mol. The number of carbonyl (C=O) groups is 1. The Hall–Kier alpha value is -2.98. The standard InChI is InChI=1S/C21H19BrFN5O3/c22-14-1-3-19-20(9-14)31-13-21(29)27(19)11-15-12-28(25-24-15)16-2-4-18(17(23)10-16)26-5-7-30-8-6-26/h1-4,9-10,12H,5-8,11,13H2. The molecule has 5 rings (SSSR count). The number of morpholine rings is 1. The Balaban J connectivity index is 1.36. The molecule has 0 spiro atoms. The summed E-state index contributed by atoms with van der Waals surface area (Å²) < 4.78 is 28.0. The molecule has 31 heavy (non-hydrogen) atoms. The molecule has 0 bridgehead atoms. The van der Waals surface area contributed by atoms with Gasteiger partial charge in [-0.3, -0.25) is 9.69 Å². The van der Waals surface area contributed by atoms with Gasteiger partial charge in [0.15, 0.2) is 6.61 Å². The third-order valence-corrected chi connectivity index (χ3v) is 5.77. The Kier molecular flexibility index (Phi) is 5.33. The van der Waals surface area contributed by atoms with E-state index in [4.69, 9.17) is 9.47 Å². The maximum atomic E-state index is 14.7. The van der Waals surface area contributed by atoms with Crippen molar-refractivity contribution >= 4 is 33.2 Å². The van der Waals surface area contributed by atoms with Crippen molar-refractivity contribution in [3.63, 3.8) is 0 Å². The number of hydrogen-bond acceptors (Lipinski definition) is 6. The van der Waals surface area contributed by atoms with Crippen molar-refractivity contribution in [3.05, 3.63) is 58.6 Å². The molecule has 0 unspecified atom stereocenters. The second kappa shape index (κ2) is 8.27. The number of carbonyl (C=O) groups excluding carboxylic acids is 1. The summed E-state index contributed by atoms with van der Waals surface area (Å²) in [6, 6.07) is 10.5. The van der Waals surface area contributed by atoms with Gasteiger partial charge in [-0.1, -0.05) is 21.1 Å². The summed E-state index contributed by atoms with van der Waals surface area (Å²) in [5.74, 6) is 0.145. The maximum absolute atomic E-state index is 14.7. The molecule has 2 aliphatic heterocycles. The van der Waals surface area contributed by atoms with Crippen LogP contribution in [-0.2, 0) is 16.1 Å². The lowest BCUT2D eigenvalue weighted by atomic mass is 10.2. The predicted octanol–water partition coefficient (Wildman–Crippen LogP) is 2.93. The van der Waals surface area contributed by atoms with E-state index in [0.29, 0.717) is 54.8 Å². The molecule has 0 radical (unpaired) electrons. The largest absolute Gasteiger partial charge is 0.482 e. The molecule has 3 aromatic rings. The molecule has 3 heterocycles. The van der Waals surface area contributed by atoms with E-state index in [1.807, 2.05) is 23.1 Å². The zero-order valence-corrected chi connectivity index (χ0v) is 18.1. The molecule has 1 amide bonds. The molecular weight excluding hydrogens is 469 g/mol. The van der Waals surface area contributed by atoms with Gasteiger partial charge in [-0.25, -0.2) is 9.07 Å². The van der Waals surface area contributed by atoms with Gasteiger partial charge < -0.3 is 14.4 Å². The van der Waals surface area contributed by atoms with E-state index >= 15 is 0 Å². The number of anilines is 2. The second-order valence-electron chi connectivity index (χ2n) is 7.27. The van der Waals surface area contributed by atoms with Gasteiger partial charge in [0.2, 0.25) is 0 Å². The molecule has 2 aromatic carbocycles. The van der Waals surface area contributed by atoms with E-state index in [-0.39, 0.29) is 24.9 Å². The van der Waals surface area contributed by atoms with Crippen LogP contribution in [0.25, 0.3) is 5.69 Å². The van der Waals surface area contributed by atoms with Gasteiger partial charge in [0.25, 0.3) is 5.91 Å². The summed E-state index contributed by atoms with van der Waals surface area (Å²) >= 11 is 3.41. The first kappa shape index (κ1) is 20.0. The number of hydrogen-bond donors (Lipinski definition) is 0. The fourth-order valence-corrected chi connectivity index (χ4v) is 4.05. The van der Waals surface area contributed by atoms with Gasteiger partial charge in [-0.15, -0.1) is 5.10 Å². The monoisotopic (exact) mass is 487 g/mol. The van der Waals surface area contributed by atoms with Crippen LogP contribution in [0.4, 0.5) is 15.8 Å². The number of halogens is 2. The van der Waals surface area contributed by atoms with Crippen LogP contribution < -0.4 is 14.5 Å². The minimum absolute atomic E-state index is 0.0359. The highest BCUT2D eigenvalue weighted by molar-refractivity contribution is 9.10. The molecule has 0 aliphatic carbocycles. The van der Waals surface area contributed by atoms with E-state index < -0.39 is 0 Å². The van der Waals surface area contributed by atoms with Gasteiger partial charge in [0.05, 0.1) is 43.0 Å². The first-order chi connectivity index (χ1) is 15.1. The first-order valence-electron chi connectivity index (χ1n) is 9.85. The van der Waals surface area contributed by atoms with Gasteiger partial charge in [0, 0.05) is 23.6 Å². The number of aromatic nitrogens is 3. The molecule has 0 atom stereocenters. The Labute approximate surface area is 186 Å². The highest BCUT2D eigenvalue weighted by Crippen LogP contribution is 2.35. The van der Waals surface area contributed by atoms with Crippen molar-refractivity contribution in [2.24, 2.45) is 0 Å². The summed E-state index contributed by atoms with van der Waals surface area (Å²) in [5, 5.41) is 8.29. The summed E-state index contributed by atoms with van der Waals surface area (Å²) in [5.41, 5.74) is 2.37. The Morgan fingerprint density at radius 1 is 1.10 bits per heavy atom. The molecule has 0 N–H and O–H groups in total. The van der Waals surface area contributed by atoms with Crippen LogP contribution in [0.3, 0.4) is 0 Å². The van der Waals surface area contributed by atoms with Crippen molar-refractivity contribution in [2.45, 2.75) is 6.54 Å². The smallest absolute Gasteiger partial charge is 0.265 e. The van der Waals surface area contributed by atoms with Gasteiger partial charge in [-0.2, -0.15) is 0 Å². The minimum atomic E-state index is -0.320.